The average Bonchev–Trinajstić information content (AvgIpc) is 2.42. The maximum atomic E-state index is 12.3. The van der Waals surface area contributed by atoms with E-state index in [2.05, 4.69) is 20.9 Å². The highest BCUT2D eigenvalue weighted by Gasteiger charge is 2.22. The molecule has 0 aromatic carbocycles. The number of rotatable bonds is 3. The maximum absolute atomic E-state index is 12.3. The third-order valence-corrected chi connectivity index (χ3v) is 5.06. The van der Waals surface area contributed by atoms with Crippen molar-refractivity contribution in [3.63, 3.8) is 0 Å². The highest BCUT2D eigenvalue weighted by Crippen LogP contribution is 2.25. The van der Waals surface area contributed by atoms with Crippen LogP contribution in [0.25, 0.3) is 0 Å². The first-order valence-electron chi connectivity index (χ1n) is 6.77. The number of carbonyl (C=O) groups is 1. The minimum Gasteiger partial charge on any atom is -0.297 e. The maximum Gasteiger partial charge on any atom is 0.348 e. The number of Topliss-reactive ketones (excluding diaryl/α,β-unsaturated/α-hetero) is 1. The first-order valence-corrected chi connectivity index (χ1v) is 7.56. The van der Waals surface area contributed by atoms with Crippen molar-refractivity contribution >= 4 is 21.7 Å². The number of nitrogens with zero attached hydrogens (tertiary/aromatic N) is 2. The second kappa shape index (κ2) is 5.99. The minimum absolute atomic E-state index is 0.125. The van der Waals surface area contributed by atoms with Gasteiger partial charge >= 0.3 is 5.69 Å². The van der Waals surface area contributed by atoms with Crippen LogP contribution < -0.4 is 5.69 Å². The van der Waals surface area contributed by atoms with Crippen LogP contribution in [-0.4, -0.2) is 15.3 Å². The molecule has 4 nitrogen and oxygen atoms in total. The lowest BCUT2D eigenvalue weighted by atomic mass is 9.86. The highest BCUT2D eigenvalue weighted by molar-refractivity contribution is 9.10. The van der Waals surface area contributed by atoms with Crippen LogP contribution in [0, 0.1) is 19.8 Å². The van der Waals surface area contributed by atoms with E-state index in [1.165, 1.54) is 11.0 Å². The largest absolute Gasteiger partial charge is 0.348 e. The van der Waals surface area contributed by atoms with Crippen molar-refractivity contribution in [2.45, 2.75) is 52.5 Å². The molecule has 0 atom stereocenters. The van der Waals surface area contributed by atoms with Gasteiger partial charge < -0.3 is 0 Å². The van der Waals surface area contributed by atoms with Crippen molar-refractivity contribution in [1.82, 2.24) is 9.55 Å². The van der Waals surface area contributed by atoms with E-state index in [0.29, 0.717) is 5.69 Å². The van der Waals surface area contributed by atoms with E-state index in [-0.39, 0.29) is 23.9 Å². The summed E-state index contributed by atoms with van der Waals surface area (Å²) in [6.45, 7) is 3.78. The average molecular weight is 327 g/mol. The van der Waals surface area contributed by atoms with Crippen LogP contribution in [0.4, 0.5) is 0 Å². The van der Waals surface area contributed by atoms with E-state index in [9.17, 15) is 9.59 Å². The van der Waals surface area contributed by atoms with Gasteiger partial charge in [-0.05, 0) is 42.6 Å². The Bertz CT molecular complexity index is 545. The SMILES string of the molecule is Cc1nc(=O)n(CC(=O)C2CCCCC2)c(C)c1Br. The van der Waals surface area contributed by atoms with Crippen LogP contribution in [0.3, 0.4) is 0 Å². The molecule has 0 N–H and O–H groups in total. The molecule has 1 saturated carbocycles. The van der Waals surface area contributed by atoms with E-state index < -0.39 is 0 Å². The van der Waals surface area contributed by atoms with Gasteiger partial charge in [0.05, 0.1) is 16.7 Å². The zero-order chi connectivity index (χ0) is 14.0. The van der Waals surface area contributed by atoms with Gasteiger partial charge in [-0.15, -0.1) is 0 Å². The molecule has 0 unspecified atom stereocenters. The molecule has 104 valence electrons. The molecule has 1 aromatic heterocycles. The summed E-state index contributed by atoms with van der Waals surface area (Å²) < 4.78 is 2.29. The number of aryl methyl sites for hydroxylation is 1. The van der Waals surface area contributed by atoms with E-state index in [0.717, 1.165) is 35.8 Å². The van der Waals surface area contributed by atoms with Gasteiger partial charge in [0.15, 0.2) is 5.78 Å². The molecular formula is C14H19BrN2O2. The molecule has 1 fully saturated rings. The van der Waals surface area contributed by atoms with E-state index >= 15 is 0 Å². The Morgan fingerprint density at radius 2 is 1.95 bits per heavy atom. The molecule has 1 aliphatic carbocycles. The van der Waals surface area contributed by atoms with Crippen LogP contribution in [0.5, 0.6) is 0 Å². The fourth-order valence-corrected chi connectivity index (χ4v) is 2.98. The molecule has 19 heavy (non-hydrogen) atoms. The van der Waals surface area contributed by atoms with Crippen LogP contribution in [-0.2, 0) is 11.3 Å². The Hall–Kier alpha value is -0.970. The smallest absolute Gasteiger partial charge is 0.297 e. The highest BCUT2D eigenvalue weighted by atomic mass is 79.9. The van der Waals surface area contributed by atoms with Gasteiger partial charge in [0.1, 0.15) is 0 Å². The first-order chi connectivity index (χ1) is 9.00. The van der Waals surface area contributed by atoms with E-state index in [4.69, 9.17) is 0 Å². The summed E-state index contributed by atoms with van der Waals surface area (Å²) in [7, 11) is 0. The van der Waals surface area contributed by atoms with Crippen LogP contribution >= 0.6 is 15.9 Å². The van der Waals surface area contributed by atoms with Gasteiger partial charge in [-0.2, -0.15) is 4.98 Å². The zero-order valence-electron chi connectivity index (χ0n) is 11.4. The second-order valence-corrected chi connectivity index (χ2v) is 6.06. The van der Waals surface area contributed by atoms with E-state index in [1.807, 2.05) is 6.92 Å². The molecule has 0 spiro atoms. The summed E-state index contributed by atoms with van der Waals surface area (Å²) in [5.41, 5.74) is 1.12. The fourth-order valence-electron chi connectivity index (χ4n) is 2.67. The van der Waals surface area contributed by atoms with Crippen LogP contribution in [0.1, 0.15) is 43.5 Å². The van der Waals surface area contributed by atoms with E-state index in [1.54, 1.807) is 6.92 Å². The number of ketones is 1. The van der Waals surface area contributed by atoms with Gasteiger partial charge in [-0.25, -0.2) is 4.79 Å². The molecule has 0 aliphatic heterocycles. The number of halogens is 1. The third kappa shape index (κ3) is 3.14. The standard InChI is InChI=1S/C14H19BrN2O2/c1-9-13(15)10(2)17(14(19)16-9)8-12(18)11-6-4-3-5-7-11/h11H,3-8H2,1-2H3. The topological polar surface area (TPSA) is 52.0 Å². The summed E-state index contributed by atoms with van der Waals surface area (Å²) in [6, 6.07) is 0. The number of carbonyl (C=O) groups excluding carboxylic acids is 1. The van der Waals surface area contributed by atoms with Gasteiger partial charge in [-0.1, -0.05) is 19.3 Å². The van der Waals surface area contributed by atoms with Crippen molar-refractivity contribution in [3.05, 3.63) is 26.3 Å². The molecule has 2 rings (SSSR count). The Kier molecular flexibility index (Phi) is 4.55. The first kappa shape index (κ1) is 14.4. The lowest BCUT2D eigenvalue weighted by Gasteiger charge is -2.21. The van der Waals surface area contributed by atoms with Gasteiger partial charge in [0.2, 0.25) is 0 Å². The lowest BCUT2D eigenvalue weighted by Crippen LogP contribution is -2.32. The van der Waals surface area contributed by atoms with Crippen LogP contribution in [0.2, 0.25) is 0 Å². The Morgan fingerprint density at radius 3 is 2.58 bits per heavy atom. The van der Waals surface area contributed by atoms with Gasteiger partial charge in [0.25, 0.3) is 0 Å². The summed E-state index contributed by atoms with van der Waals surface area (Å²) in [6.07, 6.45) is 5.40. The molecule has 1 aliphatic rings. The Balaban J connectivity index is 2.21. The molecular weight excluding hydrogens is 308 g/mol. The van der Waals surface area contributed by atoms with Crippen molar-refractivity contribution in [1.29, 1.82) is 0 Å². The molecule has 1 heterocycles. The van der Waals surface area contributed by atoms with Gasteiger partial charge in [0, 0.05) is 11.6 Å². The van der Waals surface area contributed by atoms with Gasteiger partial charge in [-0.3, -0.25) is 9.36 Å². The summed E-state index contributed by atoms with van der Waals surface area (Å²) in [5.74, 6) is 0.294. The normalized spacial score (nSPS) is 16.6. The zero-order valence-corrected chi connectivity index (χ0v) is 13.0. The van der Waals surface area contributed by atoms with Crippen molar-refractivity contribution in [2.75, 3.05) is 0 Å². The second-order valence-electron chi connectivity index (χ2n) is 5.27. The lowest BCUT2D eigenvalue weighted by molar-refractivity contribution is -0.124. The molecule has 0 bridgehead atoms. The van der Waals surface area contributed by atoms with Crippen molar-refractivity contribution in [2.24, 2.45) is 5.92 Å². The molecule has 1 aromatic rings. The number of aromatic nitrogens is 2. The number of hydrogen-bond acceptors (Lipinski definition) is 3. The molecule has 0 radical (unpaired) electrons. The van der Waals surface area contributed by atoms with Crippen molar-refractivity contribution < 1.29 is 4.79 Å². The Morgan fingerprint density at radius 1 is 1.32 bits per heavy atom. The van der Waals surface area contributed by atoms with Crippen molar-refractivity contribution in [3.8, 4) is 0 Å². The Labute approximate surface area is 121 Å². The molecule has 5 heteroatoms. The molecule has 0 amide bonds. The predicted molar refractivity (Wildman–Crippen MR) is 77.3 cm³/mol. The number of hydrogen-bond donors (Lipinski definition) is 0. The summed E-state index contributed by atoms with van der Waals surface area (Å²) in [4.78, 5) is 28.1. The monoisotopic (exact) mass is 326 g/mol. The minimum atomic E-state index is -0.331. The molecule has 0 saturated heterocycles. The predicted octanol–water partition coefficient (Wildman–Crippen LogP) is 2.77. The fraction of sp³-hybridized carbons (Fsp3) is 0.643. The van der Waals surface area contributed by atoms with Crippen LogP contribution in [0.15, 0.2) is 9.27 Å². The summed E-state index contributed by atoms with van der Waals surface area (Å²) in [5, 5.41) is 0. The quantitative estimate of drug-likeness (QED) is 0.858. The summed E-state index contributed by atoms with van der Waals surface area (Å²) >= 11 is 3.42. The third-order valence-electron chi connectivity index (χ3n) is 3.91.